The number of carbonyl (C=O) groups is 6. The van der Waals surface area contributed by atoms with Crippen molar-refractivity contribution >= 4 is 80.4 Å². The van der Waals surface area contributed by atoms with E-state index in [1.165, 1.54) is 23.1 Å². The van der Waals surface area contributed by atoms with Crippen LogP contribution in [-0.4, -0.2) is 111 Å². The second kappa shape index (κ2) is 19.7. The number of amides is 6. The first-order valence-corrected chi connectivity index (χ1v) is 23.4. The van der Waals surface area contributed by atoms with E-state index in [0.717, 1.165) is 53.4 Å². The Bertz CT molecular complexity index is 2220. The number of aromatic amines is 1. The summed E-state index contributed by atoms with van der Waals surface area (Å²) in [6.07, 6.45) is 8.60. The van der Waals surface area contributed by atoms with Crippen LogP contribution in [0.15, 0.2) is 46.9 Å². The Kier molecular flexibility index (Phi) is 14.2. The van der Waals surface area contributed by atoms with E-state index in [0.29, 0.717) is 48.6 Å². The summed E-state index contributed by atoms with van der Waals surface area (Å²) in [6, 6.07) is 4.11. The first-order valence-electron chi connectivity index (χ1n) is 21.5. The van der Waals surface area contributed by atoms with Crippen LogP contribution in [0.3, 0.4) is 0 Å². The highest BCUT2D eigenvalue weighted by Gasteiger charge is 2.47. The number of aliphatic imine (C=N–C) groups is 1. The second-order valence-corrected chi connectivity index (χ2v) is 19.0. The fraction of sp³-hybridized carbons (Fsp3) is 0.535. The normalized spacial score (nSPS) is 26.9. The molecule has 332 valence electrons. The van der Waals surface area contributed by atoms with Gasteiger partial charge in [-0.1, -0.05) is 50.3 Å². The molecule has 1 aromatic carbocycles. The maximum absolute atomic E-state index is 14.6. The van der Waals surface area contributed by atoms with Crippen LogP contribution in [-0.2, 0) is 41.6 Å². The highest BCUT2D eigenvalue weighted by atomic mass is 32.2. The topological polar surface area (TPSA) is 270 Å². The molecule has 11 N–H and O–H groups in total. The zero-order valence-corrected chi connectivity index (χ0v) is 36.6. The van der Waals surface area contributed by atoms with Gasteiger partial charge in [0.15, 0.2) is 5.96 Å². The fourth-order valence-electron chi connectivity index (χ4n) is 8.98. The number of nitrogens with two attached hydrogens (primary N) is 2. The van der Waals surface area contributed by atoms with Gasteiger partial charge in [0.05, 0.1) is 4.88 Å². The standard InChI is InChI=1S/C43H57N11O6S2/c1-43-23-62-40(53-43)34-19-25(22-61-34)18-30(35(44)55)50-36(56)29(13-7-15-47-42(45)46)49-38(58)32(20-26-21-48-28-12-6-5-11-27(26)28)51-37(57)31(17-24-9-3-2-4-10-24)52-39(59)33-14-8-16-54(33)41(43)60/h5-6,11-12,19,21-22,24,29-33,48H,2-4,7-10,13-18,20,23H2,1H3,(H2,44,55)(H,49,58)(H,50,56)(H,51,57)(H,52,59)(H4,45,46,47)/t29-,30-,31+,32-,33-,43-/m0/s1. The largest absolute Gasteiger partial charge is 0.370 e. The second-order valence-electron chi connectivity index (χ2n) is 17.1. The van der Waals surface area contributed by atoms with Crippen molar-refractivity contribution in [3.8, 4) is 0 Å². The van der Waals surface area contributed by atoms with Gasteiger partial charge in [0.25, 0.3) is 5.91 Å². The molecule has 4 aliphatic rings. The van der Waals surface area contributed by atoms with E-state index in [1.54, 1.807) is 18.0 Å². The van der Waals surface area contributed by atoms with E-state index in [-0.39, 0.29) is 43.6 Å². The van der Waals surface area contributed by atoms with E-state index in [2.05, 4.69) is 31.6 Å². The number of thiophene rings is 1. The molecule has 4 bridgehead atoms. The smallest absolute Gasteiger partial charge is 0.251 e. The lowest BCUT2D eigenvalue weighted by atomic mass is 9.84. The van der Waals surface area contributed by atoms with Crippen LogP contribution in [0.1, 0.15) is 87.1 Å². The van der Waals surface area contributed by atoms with Gasteiger partial charge in [-0.05, 0) is 73.6 Å². The molecule has 0 radical (unpaired) electrons. The number of thioether (sulfide) groups is 1. The quantitative estimate of drug-likeness (QED) is 0.0862. The molecule has 19 heteroatoms. The molecule has 6 atom stereocenters. The number of aromatic nitrogens is 1. The molecule has 2 fully saturated rings. The predicted octanol–water partition coefficient (Wildman–Crippen LogP) is 1.93. The SMILES string of the molecule is C[C@@]12CSC(=N1)c1cc(cs1)C[C@@H](C(N)=O)NC(=O)[C@H](CCCNC(=N)N)NC(=O)[C@H](Cc1c[nH]c3ccccc13)NC(=O)[C@@H](CC1CCCCC1)NC(=O)[C@@H]1CCCN1C2=O. The summed E-state index contributed by atoms with van der Waals surface area (Å²) in [5.41, 5.74) is 12.5. The lowest BCUT2D eigenvalue weighted by molar-refractivity contribution is -0.142. The molecule has 5 heterocycles. The van der Waals surface area contributed by atoms with Crippen molar-refractivity contribution in [2.45, 2.75) is 120 Å². The van der Waals surface area contributed by atoms with Gasteiger partial charge >= 0.3 is 0 Å². The highest BCUT2D eigenvalue weighted by molar-refractivity contribution is 8.15. The van der Waals surface area contributed by atoms with Crippen molar-refractivity contribution in [3.63, 3.8) is 0 Å². The van der Waals surface area contributed by atoms with Gasteiger partial charge in [0.1, 0.15) is 40.8 Å². The lowest BCUT2D eigenvalue weighted by Crippen LogP contribution is -2.60. The van der Waals surface area contributed by atoms with Gasteiger partial charge in [0.2, 0.25) is 29.5 Å². The van der Waals surface area contributed by atoms with Crippen LogP contribution in [0, 0.1) is 11.3 Å². The summed E-state index contributed by atoms with van der Waals surface area (Å²) < 4.78 is 0. The van der Waals surface area contributed by atoms with Crippen molar-refractivity contribution in [3.05, 3.63) is 57.9 Å². The van der Waals surface area contributed by atoms with E-state index >= 15 is 0 Å². The Hall–Kier alpha value is -5.43. The van der Waals surface area contributed by atoms with Crippen LogP contribution < -0.4 is 38.1 Å². The first kappa shape index (κ1) is 44.6. The monoisotopic (exact) mass is 887 g/mol. The minimum Gasteiger partial charge on any atom is -0.370 e. The summed E-state index contributed by atoms with van der Waals surface area (Å²) in [7, 11) is 0. The van der Waals surface area contributed by atoms with E-state index in [4.69, 9.17) is 21.9 Å². The van der Waals surface area contributed by atoms with Gasteiger partial charge in [0, 0.05) is 48.8 Å². The molecule has 0 spiro atoms. The Morgan fingerprint density at radius 3 is 2.44 bits per heavy atom. The Labute approximate surface area is 368 Å². The molecule has 3 aromatic rings. The summed E-state index contributed by atoms with van der Waals surface area (Å²) in [6.45, 7) is 2.39. The van der Waals surface area contributed by atoms with Crippen LogP contribution in [0.25, 0.3) is 10.9 Å². The third-order valence-corrected chi connectivity index (χ3v) is 14.8. The van der Waals surface area contributed by atoms with Crippen molar-refractivity contribution in [1.29, 1.82) is 5.41 Å². The number of benzene rings is 1. The number of primary amides is 1. The molecule has 3 aliphatic heterocycles. The number of hydrogen-bond donors (Lipinski definition) is 9. The van der Waals surface area contributed by atoms with Crippen LogP contribution in [0.4, 0.5) is 0 Å². The van der Waals surface area contributed by atoms with Crippen LogP contribution >= 0.6 is 23.1 Å². The lowest BCUT2D eigenvalue weighted by Gasteiger charge is -2.32. The predicted molar refractivity (Wildman–Crippen MR) is 239 cm³/mol. The zero-order chi connectivity index (χ0) is 44.0. The van der Waals surface area contributed by atoms with Gasteiger partial charge in [-0.2, -0.15) is 0 Å². The Morgan fingerprint density at radius 1 is 0.935 bits per heavy atom. The molecule has 6 amide bonds. The number of carbonyl (C=O) groups excluding carboxylic acids is 6. The minimum absolute atomic E-state index is 0.0420. The summed E-state index contributed by atoms with van der Waals surface area (Å²) in [4.78, 5) is 95.4. The molecule has 62 heavy (non-hydrogen) atoms. The van der Waals surface area contributed by atoms with Crippen molar-refractivity contribution in [2.75, 3.05) is 18.8 Å². The number of nitrogens with one attached hydrogen (secondary N) is 7. The van der Waals surface area contributed by atoms with Crippen LogP contribution in [0.5, 0.6) is 0 Å². The molecular weight excluding hydrogens is 831 g/mol. The summed E-state index contributed by atoms with van der Waals surface area (Å²) >= 11 is 2.84. The van der Waals surface area contributed by atoms with Crippen molar-refractivity contribution in [2.24, 2.45) is 22.4 Å². The molecule has 1 saturated heterocycles. The van der Waals surface area contributed by atoms with Gasteiger partial charge in [-0.25, -0.2) is 0 Å². The number of guanidine groups is 1. The molecule has 2 aromatic heterocycles. The number of H-pyrrole nitrogens is 1. The molecule has 7 rings (SSSR count). The average molecular weight is 888 g/mol. The van der Waals surface area contributed by atoms with Gasteiger partial charge < -0.3 is 47.9 Å². The molecular formula is C43H57N11O6S2. The molecule has 0 unspecified atom stereocenters. The maximum atomic E-state index is 14.6. The third-order valence-electron chi connectivity index (χ3n) is 12.4. The number of para-hydroxylation sites is 1. The van der Waals surface area contributed by atoms with Gasteiger partial charge in [-0.15, -0.1) is 23.1 Å². The number of fused-ring (bicyclic) bond motifs is 6. The number of hydrogen-bond acceptors (Lipinski definition) is 10. The average Bonchev–Trinajstić information content (AvgIpc) is 4.08. The zero-order valence-electron chi connectivity index (χ0n) is 34.9. The fourth-order valence-corrected chi connectivity index (χ4v) is 11.2. The third kappa shape index (κ3) is 10.6. The maximum Gasteiger partial charge on any atom is 0.251 e. The van der Waals surface area contributed by atoms with E-state index in [1.807, 2.05) is 35.7 Å². The van der Waals surface area contributed by atoms with Crippen molar-refractivity contribution < 1.29 is 28.8 Å². The number of rotatable bonds is 9. The van der Waals surface area contributed by atoms with Crippen LogP contribution in [0.2, 0.25) is 0 Å². The van der Waals surface area contributed by atoms with Gasteiger partial charge in [-0.3, -0.25) is 39.2 Å². The molecule has 17 nitrogen and oxygen atoms in total. The van der Waals surface area contributed by atoms with E-state index < -0.39 is 65.3 Å². The Morgan fingerprint density at radius 2 is 1.66 bits per heavy atom. The van der Waals surface area contributed by atoms with E-state index in [9.17, 15) is 28.8 Å². The molecule has 1 saturated carbocycles. The Balaban J connectivity index is 1.25. The summed E-state index contributed by atoms with van der Waals surface area (Å²) in [5, 5.41) is 25.2. The highest BCUT2D eigenvalue weighted by Crippen LogP contribution is 2.36. The summed E-state index contributed by atoms with van der Waals surface area (Å²) in [5.74, 6) is -3.04. The molecule has 1 aliphatic carbocycles. The first-order chi connectivity index (χ1) is 29.8. The number of nitrogens with zero attached hydrogens (tertiary/aromatic N) is 2. The minimum atomic E-state index is -1.21. The van der Waals surface area contributed by atoms with Crippen molar-refractivity contribution in [1.82, 2.24) is 36.5 Å².